The fourth-order valence-electron chi connectivity index (χ4n) is 1.51. The molecule has 0 aromatic carbocycles. The summed E-state index contributed by atoms with van der Waals surface area (Å²) in [6, 6.07) is 3.87. The molecule has 1 atom stereocenters. The van der Waals surface area contributed by atoms with Gasteiger partial charge in [-0.3, -0.25) is 10.1 Å². The van der Waals surface area contributed by atoms with Gasteiger partial charge in [-0.15, -0.1) is 11.3 Å². The van der Waals surface area contributed by atoms with Crippen LogP contribution in [0.3, 0.4) is 0 Å². The number of rotatable bonds is 7. The fourth-order valence-corrected chi connectivity index (χ4v) is 2.94. The normalized spacial score (nSPS) is 12.4. The van der Waals surface area contributed by atoms with Crippen LogP contribution in [0.4, 0.5) is 0 Å². The summed E-state index contributed by atoms with van der Waals surface area (Å²) in [5.41, 5.74) is 0. The maximum absolute atomic E-state index is 11.7. The fraction of sp³-hybridized carbons (Fsp3) is 0.583. The van der Waals surface area contributed by atoms with Crippen LogP contribution in [-0.4, -0.2) is 18.6 Å². The lowest BCUT2D eigenvalue weighted by molar-refractivity contribution is -0.145. The first-order chi connectivity index (χ1) is 8.17. The van der Waals surface area contributed by atoms with E-state index in [1.54, 1.807) is 11.3 Å². The SMILES string of the molecule is CCCC(NCc1ccc(Br)s1)C(=O)OCC. The second-order valence-corrected chi connectivity index (χ2v) is 6.23. The van der Waals surface area contributed by atoms with Crippen molar-refractivity contribution in [3.05, 3.63) is 20.8 Å². The van der Waals surface area contributed by atoms with E-state index >= 15 is 0 Å². The molecule has 0 bridgehead atoms. The van der Waals surface area contributed by atoms with Crippen LogP contribution in [-0.2, 0) is 16.1 Å². The molecule has 0 aliphatic heterocycles. The number of esters is 1. The van der Waals surface area contributed by atoms with Gasteiger partial charge in [-0.05, 0) is 41.4 Å². The van der Waals surface area contributed by atoms with Crippen molar-refractivity contribution in [1.82, 2.24) is 5.32 Å². The summed E-state index contributed by atoms with van der Waals surface area (Å²) in [4.78, 5) is 12.9. The Labute approximate surface area is 115 Å². The maximum atomic E-state index is 11.7. The number of ether oxygens (including phenoxy) is 1. The summed E-state index contributed by atoms with van der Waals surface area (Å²) in [5, 5.41) is 3.25. The molecule has 0 saturated carbocycles. The van der Waals surface area contributed by atoms with Gasteiger partial charge in [-0.1, -0.05) is 13.3 Å². The van der Waals surface area contributed by atoms with Crippen LogP contribution in [0.15, 0.2) is 15.9 Å². The Morgan fingerprint density at radius 1 is 1.53 bits per heavy atom. The molecular weight excluding hydrogens is 302 g/mol. The minimum absolute atomic E-state index is 0.148. The van der Waals surface area contributed by atoms with Gasteiger partial charge in [0.25, 0.3) is 0 Å². The zero-order valence-electron chi connectivity index (χ0n) is 10.2. The molecule has 5 heteroatoms. The Balaban J connectivity index is 2.46. The highest BCUT2D eigenvalue weighted by Gasteiger charge is 2.18. The average Bonchev–Trinajstić information content (AvgIpc) is 2.70. The van der Waals surface area contributed by atoms with E-state index in [-0.39, 0.29) is 12.0 Å². The summed E-state index contributed by atoms with van der Waals surface area (Å²) in [6.45, 7) is 5.04. The molecule has 0 radical (unpaired) electrons. The smallest absolute Gasteiger partial charge is 0.323 e. The van der Waals surface area contributed by atoms with Crippen LogP contribution >= 0.6 is 27.3 Å². The highest BCUT2D eigenvalue weighted by atomic mass is 79.9. The summed E-state index contributed by atoms with van der Waals surface area (Å²) in [6.07, 6.45) is 1.77. The lowest BCUT2D eigenvalue weighted by atomic mass is 10.1. The number of halogens is 1. The van der Waals surface area contributed by atoms with E-state index in [0.29, 0.717) is 13.2 Å². The van der Waals surface area contributed by atoms with Crippen molar-refractivity contribution in [1.29, 1.82) is 0 Å². The lowest BCUT2D eigenvalue weighted by Gasteiger charge is -2.15. The Kier molecular flexibility index (Phi) is 6.77. The Morgan fingerprint density at radius 3 is 2.82 bits per heavy atom. The van der Waals surface area contributed by atoms with Gasteiger partial charge in [0.2, 0.25) is 0 Å². The van der Waals surface area contributed by atoms with Gasteiger partial charge in [0.05, 0.1) is 10.4 Å². The zero-order valence-corrected chi connectivity index (χ0v) is 12.6. The predicted molar refractivity (Wildman–Crippen MR) is 74.2 cm³/mol. The molecule has 1 rings (SSSR count). The number of hydrogen-bond acceptors (Lipinski definition) is 4. The number of hydrogen-bond donors (Lipinski definition) is 1. The lowest BCUT2D eigenvalue weighted by Crippen LogP contribution is -2.37. The number of carbonyl (C=O) groups excluding carboxylic acids is 1. The van der Waals surface area contributed by atoms with Crippen LogP contribution in [0.2, 0.25) is 0 Å². The van der Waals surface area contributed by atoms with Gasteiger partial charge in [-0.25, -0.2) is 0 Å². The maximum Gasteiger partial charge on any atom is 0.323 e. The topological polar surface area (TPSA) is 38.3 Å². The molecule has 0 amide bonds. The molecule has 1 unspecified atom stereocenters. The van der Waals surface area contributed by atoms with Crippen LogP contribution in [0, 0.1) is 0 Å². The molecule has 1 heterocycles. The van der Waals surface area contributed by atoms with Gasteiger partial charge >= 0.3 is 5.97 Å². The van der Waals surface area contributed by atoms with Gasteiger partial charge < -0.3 is 4.74 Å². The summed E-state index contributed by atoms with van der Waals surface area (Å²) < 4.78 is 6.15. The third-order valence-corrected chi connectivity index (χ3v) is 3.92. The molecule has 1 aromatic rings. The quantitative estimate of drug-likeness (QED) is 0.783. The highest BCUT2D eigenvalue weighted by molar-refractivity contribution is 9.11. The minimum Gasteiger partial charge on any atom is -0.465 e. The number of carbonyl (C=O) groups is 1. The van der Waals surface area contributed by atoms with Crippen LogP contribution in [0.1, 0.15) is 31.6 Å². The van der Waals surface area contributed by atoms with Gasteiger partial charge in [0.15, 0.2) is 0 Å². The van der Waals surface area contributed by atoms with Crippen LogP contribution < -0.4 is 5.32 Å². The third-order valence-electron chi connectivity index (χ3n) is 2.30. The van der Waals surface area contributed by atoms with Crippen LogP contribution in [0.5, 0.6) is 0 Å². The van der Waals surface area contributed by atoms with Crippen molar-refractivity contribution in [3.63, 3.8) is 0 Å². The molecule has 1 N–H and O–H groups in total. The minimum atomic E-state index is -0.194. The van der Waals surface area contributed by atoms with E-state index in [1.807, 2.05) is 13.0 Å². The summed E-state index contributed by atoms with van der Waals surface area (Å²) >= 11 is 5.10. The van der Waals surface area contributed by atoms with Gasteiger partial charge in [0, 0.05) is 11.4 Å². The van der Waals surface area contributed by atoms with Crippen molar-refractivity contribution in [2.45, 2.75) is 39.3 Å². The number of nitrogens with one attached hydrogen (secondary N) is 1. The van der Waals surface area contributed by atoms with Crippen molar-refractivity contribution in [2.75, 3.05) is 6.61 Å². The molecular formula is C12H18BrNO2S. The highest BCUT2D eigenvalue weighted by Crippen LogP contribution is 2.22. The van der Waals surface area contributed by atoms with Crippen molar-refractivity contribution in [3.8, 4) is 0 Å². The molecule has 0 aliphatic carbocycles. The molecule has 96 valence electrons. The summed E-state index contributed by atoms with van der Waals surface area (Å²) in [7, 11) is 0. The van der Waals surface area contributed by atoms with E-state index in [1.165, 1.54) is 4.88 Å². The average molecular weight is 320 g/mol. The molecule has 1 aromatic heterocycles. The largest absolute Gasteiger partial charge is 0.465 e. The van der Waals surface area contributed by atoms with E-state index in [9.17, 15) is 4.79 Å². The first-order valence-electron chi connectivity index (χ1n) is 5.81. The molecule has 3 nitrogen and oxygen atoms in total. The Morgan fingerprint density at radius 2 is 2.29 bits per heavy atom. The molecule has 17 heavy (non-hydrogen) atoms. The van der Waals surface area contributed by atoms with E-state index < -0.39 is 0 Å². The molecule has 0 spiro atoms. The first-order valence-corrected chi connectivity index (χ1v) is 7.42. The van der Waals surface area contributed by atoms with Crippen molar-refractivity contribution < 1.29 is 9.53 Å². The van der Waals surface area contributed by atoms with Crippen molar-refractivity contribution >= 4 is 33.2 Å². The molecule has 0 saturated heterocycles. The van der Waals surface area contributed by atoms with E-state index in [0.717, 1.165) is 16.6 Å². The second-order valence-electron chi connectivity index (χ2n) is 3.68. The molecule has 0 fully saturated rings. The number of thiophene rings is 1. The zero-order chi connectivity index (χ0) is 12.7. The summed E-state index contributed by atoms with van der Waals surface area (Å²) in [5.74, 6) is -0.148. The Bertz CT molecular complexity index is 354. The van der Waals surface area contributed by atoms with E-state index in [4.69, 9.17) is 4.74 Å². The third kappa shape index (κ3) is 5.19. The standard InChI is InChI=1S/C12H18BrNO2S/c1-3-5-10(12(15)16-4-2)14-8-9-6-7-11(13)17-9/h6-7,10,14H,3-5,8H2,1-2H3. The Hall–Kier alpha value is -0.390. The van der Waals surface area contributed by atoms with Gasteiger partial charge in [0.1, 0.15) is 6.04 Å². The predicted octanol–water partition coefficient (Wildman–Crippen LogP) is 3.33. The van der Waals surface area contributed by atoms with E-state index in [2.05, 4.69) is 34.2 Å². The van der Waals surface area contributed by atoms with Crippen molar-refractivity contribution in [2.24, 2.45) is 0 Å². The first kappa shape index (κ1) is 14.7. The monoisotopic (exact) mass is 319 g/mol. The van der Waals surface area contributed by atoms with Crippen LogP contribution in [0.25, 0.3) is 0 Å². The molecule has 0 aliphatic rings. The van der Waals surface area contributed by atoms with Gasteiger partial charge in [-0.2, -0.15) is 0 Å². The second kappa shape index (κ2) is 7.84.